The first-order chi connectivity index (χ1) is 15.0. The summed E-state index contributed by atoms with van der Waals surface area (Å²) >= 11 is 0. The standard InChI is InChI=1S/C24H36N2O6/c1-7-30-21(27)20(15-18-11-9-8-10-12-18)31-23(29)26-16(2)13-19(14-17(26)3)25-22(28)32-24(4,5)6/h8-12,16-17,19-20H,7,13-15H2,1-6H3,(H,25,28). The molecule has 0 aliphatic carbocycles. The van der Waals surface area contributed by atoms with Gasteiger partial charge in [0.1, 0.15) is 5.60 Å². The normalized spacial score (nSPS) is 21.9. The van der Waals surface area contributed by atoms with Crippen molar-refractivity contribution in [2.24, 2.45) is 0 Å². The lowest BCUT2D eigenvalue weighted by molar-refractivity contribution is -0.154. The second kappa shape index (κ2) is 11.2. The van der Waals surface area contributed by atoms with Crippen molar-refractivity contribution in [3.05, 3.63) is 35.9 Å². The Morgan fingerprint density at radius 3 is 2.22 bits per heavy atom. The number of benzene rings is 1. The summed E-state index contributed by atoms with van der Waals surface area (Å²) in [6.07, 6.45) is -0.701. The molecule has 8 heteroatoms. The summed E-state index contributed by atoms with van der Waals surface area (Å²) in [7, 11) is 0. The number of likely N-dealkylation sites (tertiary alicyclic amines) is 1. The number of rotatable bonds is 6. The monoisotopic (exact) mass is 448 g/mol. The predicted molar refractivity (Wildman–Crippen MR) is 120 cm³/mol. The van der Waals surface area contributed by atoms with Gasteiger partial charge in [-0.15, -0.1) is 0 Å². The van der Waals surface area contributed by atoms with Crippen LogP contribution in [0.1, 0.15) is 59.9 Å². The molecule has 0 spiro atoms. The molecule has 0 radical (unpaired) electrons. The first-order valence-electron chi connectivity index (χ1n) is 11.2. The van der Waals surface area contributed by atoms with E-state index in [1.807, 2.05) is 65.0 Å². The number of ether oxygens (including phenoxy) is 3. The van der Waals surface area contributed by atoms with Crippen LogP contribution in [-0.2, 0) is 25.4 Å². The molecule has 3 unspecified atom stereocenters. The summed E-state index contributed by atoms with van der Waals surface area (Å²) in [4.78, 5) is 39.2. The molecule has 1 aromatic carbocycles. The number of alkyl carbamates (subject to hydrolysis) is 1. The highest BCUT2D eigenvalue weighted by Gasteiger charge is 2.38. The quantitative estimate of drug-likeness (QED) is 0.521. The van der Waals surface area contributed by atoms with Crippen molar-refractivity contribution in [2.75, 3.05) is 6.61 Å². The number of piperidine rings is 1. The van der Waals surface area contributed by atoms with Crippen LogP contribution >= 0.6 is 0 Å². The van der Waals surface area contributed by atoms with Crippen molar-refractivity contribution >= 4 is 18.2 Å². The van der Waals surface area contributed by atoms with E-state index < -0.39 is 29.9 Å². The van der Waals surface area contributed by atoms with E-state index in [0.29, 0.717) is 12.8 Å². The van der Waals surface area contributed by atoms with E-state index in [-0.39, 0.29) is 31.2 Å². The van der Waals surface area contributed by atoms with Gasteiger partial charge in [-0.05, 0) is 59.9 Å². The van der Waals surface area contributed by atoms with Crippen molar-refractivity contribution in [2.45, 2.75) is 90.6 Å². The van der Waals surface area contributed by atoms with Crippen LogP contribution in [0, 0.1) is 0 Å². The predicted octanol–water partition coefficient (Wildman–Crippen LogP) is 4.06. The van der Waals surface area contributed by atoms with Gasteiger partial charge in [0.2, 0.25) is 6.10 Å². The SMILES string of the molecule is CCOC(=O)C(Cc1ccccc1)OC(=O)N1C(C)CC(NC(=O)OC(C)(C)C)CC1C. The lowest BCUT2D eigenvalue weighted by atomic mass is 9.93. The highest BCUT2D eigenvalue weighted by atomic mass is 16.6. The Hall–Kier alpha value is -2.77. The van der Waals surface area contributed by atoms with Crippen LogP contribution in [0.3, 0.4) is 0 Å². The van der Waals surface area contributed by atoms with Crippen molar-refractivity contribution in [1.29, 1.82) is 0 Å². The molecule has 1 fully saturated rings. The van der Waals surface area contributed by atoms with E-state index >= 15 is 0 Å². The third kappa shape index (κ3) is 7.73. The number of hydrogen-bond donors (Lipinski definition) is 1. The molecule has 1 N–H and O–H groups in total. The number of carbonyl (C=O) groups excluding carboxylic acids is 3. The second-order valence-electron chi connectivity index (χ2n) is 9.23. The Morgan fingerprint density at radius 1 is 1.09 bits per heavy atom. The smallest absolute Gasteiger partial charge is 0.411 e. The second-order valence-corrected chi connectivity index (χ2v) is 9.23. The average Bonchev–Trinajstić information content (AvgIpc) is 2.66. The average molecular weight is 449 g/mol. The highest BCUT2D eigenvalue weighted by Crippen LogP contribution is 2.25. The molecular weight excluding hydrogens is 412 g/mol. The van der Waals surface area contributed by atoms with Crippen molar-refractivity contribution in [1.82, 2.24) is 10.2 Å². The third-order valence-electron chi connectivity index (χ3n) is 5.19. The van der Waals surface area contributed by atoms with E-state index in [4.69, 9.17) is 14.2 Å². The summed E-state index contributed by atoms with van der Waals surface area (Å²) in [5.41, 5.74) is 0.298. The molecule has 8 nitrogen and oxygen atoms in total. The van der Waals surface area contributed by atoms with Crippen LogP contribution in [0.5, 0.6) is 0 Å². The van der Waals surface area contributed by atoms with Crippen LogP contribution in [0.25, 0.3) is 0 Å². The highest BCUT2D eigenvalue weighted by molar-refractivity contribution is 5.79. The zero-order chi connectivity index (χ0) is 23.9. The Labute approximate surface area is 190 Å². The number of nitrogens with zero attached hydrogens (tertiary/aromatic N) is 1. The number of amides is 2. The summed E-state index contributed by atoms with van der Waals surface area (Å²) in [6.45, 7) is 11.2. The van der Waals surface area contributed by atoms with Gasteiger partial charge in [-0.25, -0.2) is 14.4 Å². The van der Waals surface area contributed by atoms with Crippen molar-refractivity contribution in [3.8, 4) is 0 Å². The molecule has 2 rings (SSSR count). The van der Waals surface area contributed by atoms with Gasteiger partial charge in [-0.2, -0.15) is 0 Å². The van der Waals surface area contributed by atoms with E-state index in [9.17, 15) is 14.4 Å². The minimum absolute atomic E-state index is 0.121. The molecule has 1 saturated heterocycles. The van der Waals surface area contributed by atoms with E-state index in [2.05, 4.69) is 5.32 Å². The molecule has 1 aliphatic rings. The molecule has 178 valence electrons. The summed E-state index contributed by atoms with van der Waals surface area (Å²) in [5, 5.41) is 2.89. The maximum Gasteiger partial charge on any atom is 0.411 e. The maximum atomic E-state index is 13.0. The fraction of sp³-hybridized carbons (Fsp3) is 0.625. The number of esters is 1. The Balaban J connectivity index is 2.02. The van der Waals surface area contributed by atoms with E-state index in [1.54, 1.807) is 11.8 Å². The molecule has 32 heavy (non-hydrogen) atoms. The number of nitrogens with one attached hydrogen (secondary N) is 1. The lowest BCUT2D eigenvalue weighted by Gasteiger charge is -2.42. The molecule has 1 heterocycles. The largest absolute Gasteiger partial charge is 0.463 e. The zero-order valence-corrected chi connectivity index (χ0v) is 19.9. The minimum atomic E-state index is -1.03. The van der Waals surface area contributed by atoms with Gasteiger partial charge in [0.15, 0.2) is 0 Å². The van der Waals surface area contributed by atoms with Crippen LogP contribution in [0.4, 0.5) is 9.59 Å². The van der Waals surface area contributed by atoms with Crippen LogP contribution in [0.15, 0.2) is 30.3 Å². The van der Waals surface area contributed by atoms with Gasteiger partial charge >= 0.3 is 18.2 Å². The fourth-order valence-corrected chi connectivity index (χ4v) is 3.95. The number of carbonyl (C=O) groups is 3. The first kappa shape index (κ1) is 25.5. The molecule has 0 aromatic heterocycles. The molecule has 2 amide bonds. The summed E-state index contributed by atoms with van der Waals surface area (Å²) in [5.74, 6) is -0.563. The molecule has 1 aromatic rings. The molecule has 3 atom stereocenters. The molecule has 0 saturated carbocycles. The van der Waals surface area contributed by atoms with Gasteiger partial charge in [0, 0.05) is 24.5 Å². The van der Waals surface area contributed by atoms with Gasteiger partial charge < -0.3 is 24.4 Å². The summed E-state index contributed by atoms with van der Waals surface area (Å²) < 4.78 is 16.1. The van der Waals surface area contributed by atoms with Gasteiger partial charge in [0.25, 0.3) is 0 Å². The molecular formula is C24H36N2O6. The topological polar surface area (TPSA) is 94.2 Å². The maximum absolute atomic E-state index is 13.0. The number of hydrogen-bond acceptors (Lipinski definition) is 6. The van der Waals surface area contributed by atoms with Crippen molar-refractivity contribution in [3.63, 3.8) is 0 Å². The minimum Gasteiger partial charge on any atom is -0.463 e. The van der Waals surface area contributed by atoms with Gasteiger partial charge in [-0.3, -0.25) is 0 Å². The van der Waals surface area contributed by atoms with E-state index in [1.165, 1.54) is 0 Å². The Kier molecular flexibility index (Phi) is 8.92. The van der Waals surface area contributed by atoms with E-state index in [0.717, 1.165) is 5.56 Å². The third-order valence-corrected chi connectivity index (χ3v) is 5.19. The van der Waals surface area contributed by atoms with Crippen molar-refractivity contribution < 1.29 is 28.6 Å². The molecule has 0 bridgehead atoms. The van der Waals surface area contributed by atoms with Crippen LogP contribution < -0.4 is 5.32 Å². The first-order valence-corrected chi connectivity index (χ1v) is 11.2. The fourth-order valence-electron chi connectivity index (χ4n) is 3.95. The Morgan fingerprint density at radius 2 is 1.69 bits per heavy atom. The zero-order valence-electron chi connectivity index (χ0n) is 19.9. The Bertz CT molecular complexity index is 764. The van der Waals surface area contributed by atoms with Gasteiger partial charge in [-0.1, -0.05) is 30.3 Å². The van der Waals surface area contributed by atoms with Crippen LogP contribution in [0.2, 0.25) is 0 Å². The van der Waals surface area contributed by atoms with Gasteiger partial charge in [0.05, 0.1) is 6.61 Å². The lowest BCUT2D eigenvalue weighted by Crippen LogP contribution is -2.56. The summed E-state index contributed by atoms with van der Waals surface area (Å²) in [6, 6.07) is 8.87. The molecule has 1 aliphatic heterocycles. The van der Waals surface area contributed by atoms with Crippen LogP contribution in [-0.4, -0.2) is 59.5 Å².